The third-order valence-corrected chi connectivity index (χ3v) is 6.06. The van der Waals surface area contributed by atoms with E-state index in [4.69, 9.17) is 4.74 Å². The lowest BCUT2D eigenvalue weighted by atomic mass is 9.92. The standard InChI is InChI=1S/C23H27FN2O3/c1-15-18(13-22(28)25-17-9-11-29-12-10-17)23-20(7-4-8-21(23)27)26(15)14-16-5-2-3-6-19(16)24/h2-3,5-6,17H,4,7-14H2,1H3,(H,25,28). The molecule has 1 fully saturated rings. The smallest absolute Gasteiger partial charge is 0.224 e. The van der Waals surface area contributed by atoms with Crippen LogP contribution in [0.3, 0.4) is 0 Å². The van der Waals surface area contributed by atoms with Gasteiger partial charge in [-0.15, -0.1) is 0 Å². The van der Waals surface area contributed by atoms with Crippen molar-refractivity contribution >= 4 is 11.7 Å². The number of carbonyl (C=O) groups is 2. The Morgan fingerprint density at radius 1 is 1.24 bits per heavy atom. The molecule has 1 amide bonds. The topological polar surface area (TPSA) is 60.3 Å². The zero-order valence-electron chi connectivity index (χ0n) is 16.8. The Morgan fingerprint density at radius 3 is 2.76 bits per heavy atom. The molecule has 1 aromatic carbocycles. The molecular formula is C23H27FN2O3. The van der Waals surface area contributed by atoms with Gasteiger partial charge in [0, 0.05) is 48.2 Å². The number of fused-ring (bicyclic) bond motifs is 1. The van der Waals surface area contributed by atoms with Gasteiger partial charge in [0.05, 0.1) is 13.0 Å². The predicted molar refractivity (Wildman–Crippen MR) is 108 cm³/mol. The molecule has 0 unspecified atom stereocenters. The first kappa shape index (κ1) is 19.8. The highest BCUT2D eigenvalue weighted by molar-refractivity contribution is 6.01. The molecular weight excluding hydrogens is 371 g/mol. The van der Waals surface area contributed by atoms with Gasteiger partial charge in [-0.1, -0.05) is 18.2 Å². The Balaban J connectivity index is 1.63. The van der Waals surface area contributed by atoms with E-state index in [0.717, 1.165) is 42.6 Å². The Morgan fingerprint density at radius 2 is 2.00 bits per heavy atom. The van der Waals surface area contributed by atoms with Crippen LogP contribution in [0.5, 0.6) is 0 Å². The maximum Gasteiger partial charge on any atom is 0.224 e. The van der Waals surface area contributed by atoms with Crippen molar-refractivity contribution in [2.75, 3.05) is 13.2 Å². The monoisotopic (exact) mass is 398 g/mol. The number of amides is 1. The van der Waals surface area contributed by atoms with Crippen molar-refractivity contribution in [3.63, 3.8) is 0 Å². The Kier molecular flexibility index (Phi) is 5.81. The summed E-state index contributed by atoms with van der Waals surface area (Å²) < 4.78 is 21.6. The summed E-state index contributed by atoms with van der Waals surface area (Å²) in [4.78, 5) is 25.4. The number of hydrogen-bond donors (Lipinski definition) is 1. The fourth-order valence-corrected chi connectivity index (χ4v) is 4.49. The maximum absolute atomic E-state index is 14.2. The molecule has 2 aromatic rings. The van der Waals surface area contributed by atoms with Crippen LogP contribution in [0.4, 0.5) is 4.39 Å². The molecule has 0 radical (unpaired) electrons. The van der Waals surface area contributed by atoms with Crippen molar-refractivity contribution < 1.29 is 18.7 Å². The lowest BCUT2D eigenvalue weighted by Crippen LogP contribution is -2.39. The molecule has 154 valence electrons. The van der Waals surface area contributed by atoms with Crippen molar-refractivity contribution in [1.82, 2.24) is 9.88 Å². The van der Waals surface area contributed by atoms with Gasteiger partial charge in [0.2, 0.25) is 5.91 Å². The zero-order valence-corrected chi connectivity index (χ0v) is 16.8. The average Bonchev–Trinajstić information content (AvgIpc) is 2.97. The average molecular weight is 398 g/mol. The number of ketones is 1. The summed E-state index contributed by atoms with van der Waals surface area (Å²) in [5, 5.41) is 3.08. The number of Topliss-reactive ketones (excluding diaryl/α,β-unsaturated/α-hetero) is 1. The maximum atomic E-state index is 14.2. The van der Waals surface area contributed by atoms with Gasteiger partial charge in [-0.05, 0) is 44.2 Å². The lowest BCUT2D eigenvalue weighted by molar-refractivity contribution is -0.121. The van der Waals surface area contributed by atoms with Crippen LogP contribution in [-0.2, 0) is 28.9 Å². The Hall–Kier alpha value is -2.47. The second kappa shape index (κ2) is 8.49. The first-order valence-electron chi connectivity index (χ1n) is 10.4. The van der Waals surface area contributed by atoms with Crippen LogP contribution < -0.4 is 5.32 Å². The number of rotatable bonds is 5. The number of nitrogens with zero attached hydrogens (tertiary/aromatic N) is 1. The SMILES string of the molecule is Cc1c(CC(=O)NC2CCOCC2)c2c(n1Cc1ccccc1F)CCCC2=O. The minimum Gasteiger partial charge on any atom is -0.381 e. The van der Waals surface area contributed by atoms with Gasteiger partial charge in [-0.3, -0.25) is 9.59 Å². The molecule has 1 aromatic heterocycles. The van der Waals surface area contributed by atoms with Crippen LogP contribution in [0.25, 0.3) is 0 Å². The molecule has 2 aliphatic rings. The number of nitrogens with one attached hydrogen (secondary N) is 1. The third-order valence-electron chi connectivity index (χ3n) is 6.06. The summed E-state index contributed by atoms with van der Waals surface area (Å²) in [6, 6.07) is 6.84. The third kappa shape index (κ3) is 4.13. The minimum atomic E-state index is -0.254. The van der Waals surface area contributed by atoms with Gasteiger partial charge in [0.1, 0.15) is 5.82 Å². The molecule has 1 aliphatic carbocycles. The van der Waals surface area contributed by atoms with E-state index < -0.39 is 0 Å². The lowest BCUT2D eigenvalue weighted by Gasteiger charge is -2.23. The van der Waals surface area contributed by atoms with Crippen LogP contribution in [0, 0.1) is 12.7 Å². The Labute approximate surface area is 170 Å². The fourth-order valence-electron chi connectivity index (χ4n) is 4.49. The number of carbonyl (C=O) groups excluding carboxylic acids is 2. The van der Waals surface area contributed by atoms with Gasteiger partial charge in [-0.2, -0.15) is 0 Å². The summed E-state index contributed by atoms with van der Waals surface area (Å²) in [5.41, 5.74) is 3.90. The molecule has 0 bridgehead atoms. The molecule has 1 aliphatic heterocycles. The van der Waals surface area contributed by atoms with E-state index in [-0.39, 0.29) is 30.0 Å². The van der Waals surface area contributed by atoms with E-state index in [2.05, 4.69) is 5.32 Å². The van der Waals surface area contributed by atoms with E-state index in [1.165, 1.54) is 6.07 Å². The van der Waals surface area contributed by atoms with Crippen molar-refractivity contribution in [2.24, 2.45) is 0 Å². The molecule has 29 heavy (non-hydrogen) atoms. The van der Waals surface area contributed by atoms with Crippen molar-refractivity contribution in [3.8, 4) is 0 Å². The van der Waals surface area contributed by atoms with Gasteiger partial charge >= 0.3 is 0 Å². The predicted octanol–water partition coefficient (Wildman–Crippen LogP) is 3.34. The van der Waals surface area contributed by atoms with Crippen LogP contribution in [0.15, 0.2) is 24.3 Å². The van der Waals surface area contributed by atoms with E-state index in [9.17, 15) is 14.0 Å². The van der Waals surface area contributed by atoms with E-state index >= 15 is 0 Å². The quantitative estimate of drug-likeness (QED) is 0.840. The second-order valence-electron chi connectivity index (χ2n) is 7.97. The first-order chi connectivity index (χ1) is 14.0. The highest BCUT2D eigenvalue weighted by Crippen LogP contribution is 2.31. The van der Waals surface area contributed by atoms with Crippen molar-refractivity contribution in [2.45, 2.75) is 58.0 Å². The van der Waals surface area contributed by atoms with Crippen LogP contribution >= 0.6 is 0 Å². The number of halogens is 1. The summed E-state index contributed by atoms with van der Waals surface area (Å²) in [6.45, 7) is 3.63. The summed E-state index contributed by atoms with van der Waals surface area (Å²) in [7, 11) is 0. The molecule has 0 atom stereocenters. The van der Waals surface area contributed by atoms with E-state index in [1.807, 2.05) is 17.6 Å². The van der Waals surface area contributed by atoms with Crippen LogP contribution in [0.2, 0.25) is 0 Å². The van der Waals surface area contributed by atoms with Crippen molar-refractivity contribution in [1.29, 1.82) is 0 Å². The normalized spacial score (nSPS) is 17.2. The highest BCUT2D eigenvalue weighted by atomic mass is 19.1. The molecule has 1 saturated heterocycles. The van der Waals surface area contributed by atoms with Gasteiger partial charge < -0.3 is 14.6 Å². The van der Waals surface area contributed by atoms with E-state index in [0.29, 0.717) is 37.3 Å². The van der Waals surface area contributed by atoms with Crippen LogP contribution in [0.1, 0.15) is 58.6 Å². The van der Waals surface area contributed by atoms with Gasteiger partial charge in [-0.25, -0.2) is 4.39 Å². The van der Waals surface area contributed by atoms with Crippen molar-refractivity contribution in [3.05, 3.63) is 58.2 Å². The largest absolute Gasteiger partial charge is 0.381 e. The summed E-state index contributed by atoms with van der Waals surface area (Å²) in [5.74, 6) is -0.227. The molecule has 0 spiro atoms. The van der Waals surface area contributed by atoms with Gasteiger partial charge in [0.25, 0.3) is 0 Å². The fraction of sp³-hybridized carbons (Fsp3) is 0.478. The number of ether oxygens (including phenoxy) is 1. The highest BCUT2D eigenvalue weighted by Gasteiger charge is 2.29. The minimum absolute atomic E-state index is 0.0655. The first-order valence-corrected chi connectivity index (χ1v) is 10.4. The second-order valence-corrected chi connectivity index (χ2v) is 7.97. The Bertz CT molecular complexity index is 928. The van der Waals surface area contributed by atoms with E-state index in [1.54, 1.807) is 12.1 Å². The summed E-state index contributed by atoms with van der Waals surface area (Å²) >= 11 is 0. The van der Waals surface area contributed by atoms with Gasteiger partial charge in [0.15, 0.2) is 5.78 Å². The van der Waals surface area contributed by atoms with Crippen LogP contribution in [-0.4, -0.2) is 35.5 Å². The molecule has 1 N–H and O–H groups in total. The molecule has 6 heteroatoms. The number of aromatic nitrogens is 1. The summed E-state index contributed by atoms with van der Waals surface area (Å²) in [6.07, 6.45) is 3.89. The molecule has 5 nitrogen and oxygen atoms in total. The number of benzene rings is 1. The zero-order chi connectivity index (χ0) is 20.4. The molecule has 2 heterocycles. The molecule has 4 rings (SSSR count). The molecule has 0 saturated carbocycles. The number of hydrogen-bond acceptors (Lipinski definition) is 3.